The average Bonchev–Trinajstić information content (AvgIpc) is 3.52. The number of fused-ring (bicyclic) bond motifs is 7. The maximum Gasteiger partial charge on any atom is 0.415 e. The Balaban J connectivity index is 0.000000263. The third-order valence-electron chi connectivity index (χ3n) is 8.40. The molecule has 5 aromatic rings. The van der Waals surface area contributed by atoms with Crippen LogP contribution in [0.3, 0.4) is 0 Å². The number of nitrogens with two attached hydrogens (primary N) is 2. The minimum absolute atomic E-state index is 0. The number of amides is 3. The number of ether oxygens (including phenoxy) is 5. The van der Waals surface area contributed by atoms with Crippen LogP contribution in [0.4, 0.5) is 27.9 Å². The largest absolute Gasteiger partial charge is 0.484 e. The second-order valence-electron chi connectivity index (χ2n) is 12.7. The normalized spacial score (nSPS) is 14.3. The summed E-state index contributed by atoms with van der Waals surface area (Å²) in [6.07, 6.45) is 0.0902. The van der Waals surface area contributed by atoms with Crippen molar-refractivity contribution in [2.45, 2.75) is 47.7 Å². The van der Waals surface area contributed by atoms with Gasteiger partial charge < -0.3 is 50.8 Å². The summed E-state index contributed by atoms with van der Waals surface area (Å²) < 4.78 is 28.5. The molecule has 3 amide bonds. The van der Waals surface area contributed by atoms with Gasteiger partial charge in [-0.3, -0.25) is 29.2 Å². The molecule has 23 heteroatoms. The molecule has 0 atom stereocenters. The molecule has 2 aliphatic heterocycles. The van der Waals surface area contributed by atoms with Crippen LogP contribution in [0, 0.1) is 10.1 Å². The number of hydrogen-bond donors (Lipinski definition) is 5. The number of rotatable bonds is 2. The molecule has 0 spiro atoms. The molecule has 0 saturated heterocycles. The van der Waals surface area contributed by atoms with Gasteiger partial charge in [0.05, 0.1) is 37.8 Å². The molecule has 2 aliphatic rings. The van der Waals surface area contributed by atoms with Crippen molar-refractivity contribution < 1.29 is 43.0 Å². The van der Waals surface area contributed by atoms with Crippen molar-refractivity contribution in [3.8, 4) is 23.5 Å². The van der Waals surface area contributed by atoms with Gasteiger partial charge in [0, 0.05) is 13.1 Å². The molecule has 326 valence electrons. The van der Waals surface area contributed by atoms with Gasteiger partial charge in [0.25, 0.3) is 11.8 Å². The summed E-state index contributed by atoms with van der Waals surface area (Å²) in [4.78, 5) is 79.7. The van der Waals surface area contributed by atoms with Gasteiger partial charge in [0.15, 0.2) is 24.7 Å². The second kappa shape index (κ2) is 21.3. The Kier molecular flexibility index (Phi) is 16.1. The van der Waals surface area contributed by atoms with Crippen molar-refractivity contribution in [3.05, 3.63) is 80.3 Å². The van der Waals surface area contributed by atoms with Crippen LogP contribution < -0.4 is 51.6 Å². The van der Waals surface area contributed by atoms with E-state index in [1.165, 1.54) is 4.57 Å². The molecule has 2 aromatic carbocycles. The van der Waals surface area contributed by atoms with E-state index in [0.717, 1.165) is 10.5 Å². The van der Waals surface area contributed by atoms with Crippen LogP contribution in [0.1, 0.15) is 45.7 Å². The number of carbonyl (C=O) groups is 3. The Hall–Kier alpha value is -7.72. The van der Waals surface area contributed by atoms with Crippen LogP contribution in [0.2, 0.25) is 0 Å². The minimum Gasteiger partial charge on any atom is -0.484 e. The van der Waals surface area contributed by atoms with E-state index >= 15 is 0 Å². The molecule has 23 nitrogen and oxygen atoms in total. The molecule has 8 bridgehead atoms. The van der Waals surface area contributed by atoms with Crippen LogP contribution >= 0.6 is 0 Å². The predicted molar refractivity (Wildman–Crippen MR) is 222 cm³/mol. The lowest BCUT2D eigenvalue weighted by Crippen LogP contribution is -2.33. The molecule has 0 radical (unpaired) electrons. The number of nitrogens with one attached hydrogen (secondary N) is 3. The van der Waals surface area contributed by atoms with Gasteiger partial charge in [0.2, 0.25) is 11.6 Å². The van der Waals surface area contributed by atoms with E-state index in [9.17, 15) is 29.3 Å². The zero-order valence-electron chi connectivity index (χ0n) is 31.7. The van der Waals surface area contributed by atoms with Gasteiger partial charge in [-0.2, -0.15) is 19.9 Å². The molecular weight excluding hydrogens is 800 g/mol. The summed E-state index contributed by atoms with van der Waals surface area (Å²) in [5.41, 5.74) is 12.8. The number of imidazole rings is 1. The Morgan fingerprint density at radius 3 is 1.95 bits per heavy atom. The number of nitrogen functional groups attached to an aromatic ring is 2. The molecular formula is C38H48N12O11. The summed E-state index contributed by atoms with van der Waals surface area (Å²) in [6.45, 7) is 2.55. The Bertz CT molecular complexity index is 2410. The first-order valence-corrected chi connectivity index (χ1v) is 18.2. The van der Waals surface area contributed by atoms with E-state index in [1.54, 1.807) is 49.4 Å². The van der Waals surface area contributed by atoms with Crippen molar-refractivity contribution >= 4 is 52.2 Å². The lowest BCUT2D eigenvalue weighted by molar-refractivity contribution is -0.383. The van der Waals surface area contributed by atoms with E-state index in [1.807, 2.05) is 6.07 Å². The zero-order chi connectivity index (χ0) is 41.9. The quantitative estimate of drug-likeness (QED) is 0.126. The van der Waals surface area contributed by atoms with Crippen molar-refractivity contribution in [2.75, 3.05) is 62.5 Å². The highest BCUT2D eigenvalue weighted by Crippen LogP contribution is 2.34. The minimum atomic E-state index is -0.869. The lowest BCUT2D eigenvalue weighted by Gasteiger charge is -2.22. The van der Waals surface area contributed by atoms with Gasteiger partial charge in [0.1, 0.15) is 17.0 Å². The fourth-order valence-corrected chi connectivity index (χ4v) is 5.70. The van der Waals surface area contributed by atoms with Crippen LogP contribution in [0.5, 0.6) is 23.5 Å². The van der Waals surface area contributed by atoms with Gasteiger partial charge in [-0.05, 0) is 55.2 Å². The predicted octanol–water partition coefficient (Wildman–Crippen LogP) is 2.71. The SMILES string of the molecule is C.C.CCOC(=O)N1Cc2cccc(c2)OCC(=O)NCCCOc2nc(N)c([N+](=O)[O-])c1n2.Nc1nc2nc3c1[nH]c(=O)n3Cc1cccc(c1)OCC(=O)NCCCO2. The number of hydrogen-bond acceptors (Lipinski definition) is 17. The smallest absolute Gasteiger partial charge is 0.415 e. The van der Waals surface area contributed by atoms with Crippen molar-refractivity contribution in [1.82, 2.24) is 40.1 Å². The first-order valence-electron chi connectivity index (χ1n) is 18.2. The molecule has 61 heavy (non-hydrogen) atoms. The topological polar surface area (TPSA) is 309 Å². The highest BCUT2D eigenvalue weighted by molar-refractivity contribution is 5.91. The maximum atomic E-state index is 12.7. The molecule has 0 unspecified atom stereocenters. The molecule has 7 rings (SSSR count). The Morgan fingerprint density at radius 1 is 0.820 bits per heavy atom. The fraction of sp³-hybridized carbons (Fsp3) is 0.368. The number of aromatic amines is 1. The standard InChI is InChI=1S/C19H22N6O7.C17H18N6O4.2CH4/c1-2-30-19(27)24-10-12-5-3-6-13(9-12)32-11-14(26)21-7-4-8-31-18-22-16(20)15(25(28)29)17(24)23-18;18-14-13-15-22-16(21-14)26-6-2-5-19-12(24)9-27-11-4-1-3-10(7-11)8-23(15)17(25)20-13;;/h3,5-6,9H,2,4,7-8,10-11H2,1H3,(H,21,26)(H2,20,22,23);1,3-4,7H,2,5-6,8-9H2,(H,19,24)(H,20,25)(H2,18,21,22);2*1H4. The van der Waals surface area contributed by atoms with Crippen LogP contribution in [0.15, 0.2) is 53.3 Å². The van der Waals surface area contributed by atoms with E-state index in [2.05, 4.69) is 35.6 Å². The number of carbonyl (C=O) groups excluding carboxylic acids is 3. The van der Waals surface area contributed by atoms with Crippen molar-refractivity contribution in [2.24, 2.45) is 0 Å². The highest BCUT2D eigenvalue weighted by Gasteiger charge is 2.32. The summed E-state index contributed by atoms with van der Waals surface area (Å²) in [6, 6.07) is 13.6. The number of nitrogens with zero attached hydrogens (tertiary/aromatic N) is 7. The second-order valence-corrected chi connectivity index (χ2v) is 12.7. The van der Waals surface area contributed by atoms with Crippen molar-refractivity contribution in [1.29, 1.82) is 0 Å². The lowest BCUT2D eigenvalue weighted by atomic mass is 10.2. The highest BCUT2D eigenvalue weighted by atomic mass is 16.6. The average molecular weight is 849 g/mol. The van der Waals surface area contributed by atoms with E-state index in [0.29, 0.717) is 60.8 Å². The number of H-pyrrole nitrogens is 1. The first kappa shape index (κ1) is 46.0. The number of benzene rings is 2. The monoisotopic (exact) mass is 848 g/mol. The number of anilines is 3. The molecule has 3 aromatic heterocycles. The number of nitro groups is 1. The van der Waals surface area contributed by atoms with E-state index < -0.39 is 22.5 Å². The molecule has 5 heterocycles. The third-order valence-corrected chi connectivity index (χ3v) is 8.40. The Morgan fingerprint density at radius 2 is 1.38 bits per heavy atom. The third kappa shape index (κ3) is 11.9. The summed E-state index contributed by atoms with van der Waals surface area (Å²) in [5.74, 6) is -0.293. The van der Waals surface area contributed by atoms with Gasteiger partial charge in [-0.25, -0.2) is 9.59 Å². The van der Waals surface area contributed by atoms with E-state index in [-0.39, 0.29) is 95.5 Å². The maximum absolute atomic E-state index is 12.7. The van der Waals surface area contributed by atoms with Crippen LogP contribution in [-0.2, 0) is 27.4 Å². The summed E-state index contributed by atoms with van der Waals surface area (Å²) >= 11 is 0. The first-order chi connectivity index (χ1) is 28.5. The van der Waals surface area contributed by atoms with Gasteiger partial charge in [-0.15, -0.1) is 0 Å². The fourth-order valence-electron chi connectivity index (χ4n) is 5.70. The molecule has 0 saturated carbocycles. The zero-order valence-corrected chi connectivity index (χ0v) is 31.7. The molecule has 0 aliphatic carbocycles. The molecule has 0 fully saturated rings. The van der Waals surface area contributed by atoms with Gasteiger partial charge in [-0.1, -0.05) is 39.1 Å². The Labute approximate surface area is 348 Å². The van der Waals surface area contributed by atoms with Gasteiger partial charge >= 0.3 is 29.5 Å². The molecule has 7 N–H and O–H groups in total. The van der Waals surface area contributed by atoms with E-state index in [4.69, 9.17) is 35.2 Å². The van der Waals surface area contributed by atoms with Crippen LogP contribution in [0.25, 0.3) is 11.2 Å². The number of aromatic nitrogens is 6. The summed E-state index contributed by atoms with van der Waals surface area (Å²) in [5, 5.41) is 17.1. The summed E-state index contributed by atoms with van der Waals surface area (Å²) in [7, 11) is 0. The van der Waals surface area contributed by atoms with Crippen LogP contribution in [-0.4, -0.2) is 98.4 Å². The van der Waals surface area contributed by atoms with Crippen molar-refractivity contribution in [3.63, 3.8) is 0 Å².